The molecule has 68 heavy (non-hydrogen) atoms. The molecule has 0 N–H and O–H groups in total. The topological polar surface area (TPSA) is 46.8 Å². The van der Waals surface area contributed by atoms with Gasteiger partial charge in [-0.1, -0.05) is 158 Å². The fourth-order valence-electron chi connectivity index (χ4n) is 9.87. The molecule has 0 unspecified atom stereocenters. The van der Waals surface area contributed by atoms with Crippen molar-refractivity contribution in [1.82, 2.24) is 19.5 Å². The number of hydrogen-bond acceptors (Lipinski definition) is 4. The van der Waals surface area contributed by atoms with Gasteiger partial charge in [0.15, 0.2) is 0 Å². The summed E-state index contributed by atoms with van der Waals surface area (Å²) in [6.07, 6.45) is 1.87. The maximum atomic E-state index is 5.18. The van der Waals surface area contributed by atoms with Gasteiger partial charge in [-0.05, 0) is 118 Å². The summed E-state index contributed by atoms with van der Waals surface area (Å²) in [5.74, 6) is 0. The first-order chi connectivity index (χ1) is 33.7. The van der Waals surface area contributed by atoms with Crippen molar-refractivity contribution in [3.63, 3.8) is 0 Å². The highest BCUT2D eigenvalue weighted by molar-refractivity contribution is 6.10. The van der Waals surface area contributed by atoms with Gasteiger partial charge < -0.3 is 9.47 Å². The van der Waals surface area contributed by atoms with Gasteiger partial charge in [0.05, 0.1) is 44.7 Å². The average molecular weight is 868 g/mol. The second kappa shape index (κ2) is 16.4. The van der Waals surface area contributed by atoms with E-state index in [1.54, 1.807) is 0 Å². The Hall–Kier alpha value is -9.19. The highest BCUT2D eigenvalue weighted by atomic mass is 15.1. The molecular formula is C63H41N5. The molecule has 3 heterocycles. The summed E-state index contributed by atoms with van der Waals surface area (Å²) in [7, 11) is 0. The Balaban J connectivity index is 0.878. The van der Waals surface area contributed by atoms with Gasteiger partial charge in [-0.2, -0.15) is 0 Å². The molecule has 0 fully saturated rings. The molecule has 5 nitrogen and oxygen atoms in total. The number of anilines is 3. The van der Waals surface area contributed by atoms with Crippen LogP contribution in [0.15, 0.2) is 249 Å². The van der Waals surface area contributed by atoms with Crippen LogP contribution in [-0.4, -0.2) is 19.5 Å². The summed E-state index contributed by atoms with van der Waals surface area (Å²) in [4.78, 5) is 17.5. The first-order valence-electron chi connectivity index (χ1n) is 23.0. The monoisotopic (exact) mass is 867 g/mol. The normalized spacial score (nSPS) is 11.5. The minimum Gasteiger partial charge on any atom is -0.309 e. The molecule has 0 saturated heterocycles. The van der Waals surface area contributed by atoms with Crippen molar-refractivity contribution in [3.05, 3.63) is 249 Å². The van der Waals surface area contributed by atoms with Gasteiger partial charge in [0, 0.05) is 50.5 Å². The fourth-order valence-corrected chi connectivity index (χ4v) is 9.87. The van der Waals surface area contributed by atoms with Crippen LogP contribution in [0.25, 0.3) is 105 Å². The third-order valence-electron chi connectivity index (χ3n) is 13.2. The maximum Gasteiger partial charge on any atom is 0.0973 e. The Morgan fingerprint density at radius 3 is 1.63 bits per heavy atom. The molecule has 0 aliphatic rings. The zero-order valence-corrected chi connectivity index (χ0v) is 36.9. The van der Waals surface area contributed by atoms with Crippen molar-refractivity contribution in [1.29, 1.82) is 0 Å². The third kappa shape index (κ3) is 6.84. The molecule has 318 valence electrons. The highest BCUT2D eigenvalue weighted by Gasteiger charge is 2.20. The molecule has 13 rings (SSSR count). The molecule has 0 radical (unpaired) electrons. The minimum absolute atomic E-state index is 0.845. The molecule has 0 aliphatic heterocycles. The fraction of sp³-hybridized carbons (Fsp3) is 0. The second-order valence-corrected chi connectivity index (χ2v) is 17.3. The Kier molecular flexibility index (Phi) is 9.43. The van der Waals surface area contributed by atoms with Crippen LogP contribution < -0.4 is 4.90 Å². The highest BCUT2D eigenvalue weighted by Crippen LogP contribution is 2.42. The SMILES string of the molecule is c1ccc(-c2nc3ccccc3nc2-c2ccc(N(c3ccc(-n4c5ccccc5c5cc(-c6ccc(-c7ccc8ccccc8c7)cc6)ccc54)cc3)c3cccc4cccnc34)cc2)cc1. The molecule has 0 atom stereocenters. The van der Waals surface area contributed by atoms with E-state index < -0.39 is 0 Å². The summed E-state index contributed by atoms with van der Waals surface area (Å²) < 4.78 is 2.38. The van der Waals surface area contributed by atoms with E-state index in [0.29, 0.717) is 0 Å². The number of fused-ring (bicyclic) bond motifs is 6. The van der Waals surface area contributed by atoms with Crippen LogP contribution in [0.4, 0.5) is 17.1 Å². The van der Waals surface area contributed by atoms with Gasteiger partial charge in [-0.3, -0.25) is 4.98 Å². The first-order valence-corrected chi connectivity index (χ1v) is 23.0. The van der Waals surface area contributed by atoms with E-state index in [1.807, 2.05) is 54.7 Å². The van der Waals surface area contributed by atoms with Crippen LogP contribution in [0.3, 0.4) is 0 Å². The van der Waals surface area contributed by atoms with Crippen molar-refractivity contribution in [3.8, 4) is 50.5 Å². The number of aromatic nitrogens is 4. The lowest BCUT2D eigenvalue weighted by molar-refractivity contribution is 1.17. The predicted molar refractivity (Wildman–Crippen MR) is 283 cm³/mol. The Morgan fingerprint density at radius 2 is 0.882 bits per heavy atom. The standard InChI is InChI=1S/C63H41N5/c1-2-13-46(14-3-1)62-63(66-57-20-8-7-19-56(57)65-62)47-29-32-51(33-30-47)67(60-22-10-16-45-17-11-39-64-61(45)60)52-34-36-53(37-35-52)68-58-21-9-6-18-54(58)55-41-50(31-38-59(55)68)44-25-23-43(24-26-44)49-28-27-42-12-4-5-15-48(42)40-49/h1-41H. The lowest BCUT2D eigenvalue weighted by Gasteiger charge is -2.27. The zero-order chi connectivity index (χ0) is 45.0. The van der Waals surface area contributed by atoms with E-state index in [4.69, 9.17) is 15.0 Å². The Morgan fingerprint density at radius 1 is 0.338 bits per heavy atom. The predicted octanol–water partition coefficient (Wildman–Crippen LogP) is 16.6. The molecule has 0 spiro atoms. The van der Waals surface area contributed by atoms with Crippen molar-refractivity contribution in [2.45, 2.75) is 0 Å². The summed E-state index contributed by atoms with van der Waals surface area (Å²) >= 11 is 0. The van der Waals surface area contributed by atoms with E-state index in [1.165, 1.54) is 43.8 Å². The van der Waals surface area contributed by atoms with Crippen LogP contribution in [0.5, 0.6) is 0 Å². The smallest absolute Gasteiger partial charge is 0.0973 e. The molecule has 3 aromatic heterocycles. The van der Waals surface area contributed by atoms with Crippen molar-refractivity contribution < 1.29 is 0 Å². The van der Waals surface area contributed by atoms with E-state index in [2.05, 4.69) is 204 Å². The quantitative estimate of drug-likeness (QED) is 0.153. The summed E-state index contributed by atoms with van der Waals surface area (Å²) in [6.45, 7) is 0. The van der Waals surface area contributed by atoms with E-state index in [9.17, 15) is 0 Å². The van der Waals surface area contributed by atoms with Crippen molar-refractivity contribution in [2.75, 3.05) is 4.90 Å². The summed E-state index contributed by atoms with van der Waals surface area (Å²) in [5, 5.41) is 6.02. The van der Waals surface area contributed by atoms with Crippen molar-refractivity contribution in [2.24, 2.45) is 0 Å². The van der Waals surface area contributed by atoms with Crippen LogP contribution in [0.2, 0.25) is 0 Å². The largest absolute Gasteiger partial charge is 0.309 e. The second-order valence-electron chi connectivity index (χ2n) is 17.3. The van der Waals surface area contributed by atoms with E-state index in [0.717, 1.165) is 78.2 Å². The maximum absolute atomic E-state index is 5.18. The number of hydrogen-bond donors (Lipinski definition) is 0. The van der Waals surface area contributed by atoms with Crippen molar-refractivity contribution >= 4 is 71.6 Å². The van der Waals surface area contributed by atoms with E-state index >= 15 is 0 Å². The summed E-state index contributed by atoms with van der Waals surface area (Å²) in [5.41, 5.74) is 17.6. The van der Waals surface area contributed by atoms with Crippen LogP contribution in [-0.2, 0) is 0 Å². The van der Waals surface area contributed by atoms with Gasteiger partial charge in [0.25, 0.3) is 0 Å². The minimum atomic E-state index is 0.845. The number of rotatable bonds is 8. The number of benzene rings is 10. The number of para-hydroxylation sites is 4. The van der Waals surface area contributed by atoms with Gasteiger partial charge in [-0.15, -0.1) is 0 Å². The van der Waals surface area contributed by atoms with Crippen LogP contribution in [0.1, 0.15) is 0 Å². The summed E-state index contributed by atoms with van der Waals surface area (Å²) in [6, 6.07) is 86.2. The van der Waals surface area contributed by atoms with Gasteiger partial charge in [0.1, 0.15) is 0 Å². The lowest BCUT2D eigenvalue weighted by Crippen LogP contribution is -2.11. The van der Waals surface area contributed by atoms with Crippen LogP contribution >= 0.6 is 0 Å². The molecule has 0 bridgehead atoms. The molecule has 0 amide bonds. The average Bonchev–Trinajstić information content (AvgIpc) is 3.75. The number of nitrogens with zero attached hydrogens (tertiary/aromatic N) is 5. The van der Waals surface area contributed by atoms with Gasteiger partial charge >= 0.3 is 0 Å². The van der Waals surface area contributed by atoms with Crippen LogP contribution in [0, 0.1) is 0 Å². The van der Waals surface area contributed by atoms with E-state index in [-0.39, 0.29) is 0 Å². The molecule has 10 aromatic carbocycles. The molecule has 0 aliphatic carbocycles. The molecule has 0 saturated carbocycles. The zero-order valence-electron chi connectivity index (χ0n) is 36.9. The Bertz CT molecular complexity index is 4000. The molecule has 5 heteroatoms. The van der Waals surface area contributed by atoms with Gasteiger partial charge in [-0.25, -0.2) is 9.97 Å². The molecule has 13 aromatic rings. The third-order valence-corrected chi connectivity index (χ3v) is 13.2. The number of pyridine rings is 1. The molecular weight excluding hydrogens is 827 g/mol. The lowest BCUT2D eigenvalue weighted by atomic mass is 9.97. The Labute approximate surface area is 393 Å². The van der Waals surface area contributed by atoms with Gasteiger partial charge in [0.2, 0.25) is 0 Å². The first kappa shape index (κ1) is 39.2.